The smallest absolute Gasteiger partial charge is 0.260 e. The van der Waals surface area contributed by atoms with Gasteiger partial charge in [0.05, 0.1) is 5.56 Å². The van der Waals surface area contributed by atoms with Crippen LogP contribution in [0.15, 0.2) is 30.3 Å². The summed E-state index contributed by atoms with van der Waals surface area (Å²) in [6.45, 7) is 1.91. The Bertz CT molecular complexity index is 685. The van der Waals surface area contributed by atoms with Crippen molar-refractivity contribution in [3.8, 4) is 17.2 Å². The Hall–Kier alpha value is -2.76. The molecule has 20 heavy (non-hydrogen) atoms. The van der Waals surface area contributed by atoms with E-state index in [2.05, 4.69) is 10.3 Å². The van der Waals surface area contributed by atoms with Gasteiger partial charge >= 0.3 is 0 Å². The summed E-state index contributed by atoms with van der Waals surface area (Å²) in [6.07, 6.45) is 0. The topological polar surface area (TPSA) is 80.7 Å². The Morgan fingerprint density at radius 1 is 1.30 bits per heavy atom. The first-order valence-corrected chi connectivity index (χ1v) is 6.01. The number of fused-ring (bicyclic) bond motifs is 1. The number of aryl methyl sites for hydroxylation is 1. The minimum absolute atomic E-state index is 0.0826. The van der Waals surface area contributed by atoms with Gasteiger partial charge in [-0.25, -0.2) is 4.98 Å². The summed E-state index contributed by atoms with van der Waals surface area (Å²) in [7, 11) is 0. The fourth-order valence-corrected chi connectivity index (χ4v) is 1.91. The molecule has 0 bridgehead atoms. The number of nitrogens with one attached hydrogen (secondary N) is 1. The molecule has 0 saturated heterocycles. The summed E-state index contributed by atoms with van der Waals surface area (Å²) in [4.78, 5) is 16.3. The zero-order valence-corrected chi connectivity index (χ0v) is 10.7. The number of nitrogens with zero attached hydrogens (tertiary/aromatic N) is 1. The third-order valence-electron chi connectivity index (χ3n) is 2.87. The highest BCUT2D eigenvalue weighted by molar-refractivity contribution is 6.06. The third-order valence-corrected chi connectivity index (χ3v) is 2.87. The lowest BCUT2D eigenvalue weighted by Crippen LogP contribution is -2.13. The van der Waals surface area contributed by atoms with Gasteiger partial charge in [0, 0.05) is 17.8 Å². The number of carbonyl (C=O) groups is 1. The van der Waals surface area contributed by atoms with Gasteiger partial charge in [-0.3, -0.25) is 4.79 Å². The van der Waals surface area contributed by atoms with Crippen LogP contribution in [-0.2, 0) is 0 Å². The van der Waals surface area contributed by atoms with Crippen LogP contribution >= 0.6 is 0 Å². The molecule has 2 N–H and O–H groups in total. The maximum atomic E-state index is 12.1. The van der Waals surface area contributed by atoms with Gasteiger partial charge < -0.3 is 19.9 Å². The second kappa shape index (κ2) is 4.73. The minimum Gasteiger partial charge on any atom is -0.507 e. The molecule has 1 aliphatic heterocycles. The zero-order chi connectivity index (χ0) is 14.1. The Morgan fingerprint density at radius 2 is 2.05 bits per heavy atom. The predicted octanol–water partition coefficient (Wildman–Crippen LogP) is 2.08. The molecule has 6 heteroatoms. The molecule has 0 fully saturated rings. The van der Waals surface area contributed by atoms with Crippen molar-refractivity contribution in [2.75, 3.05) is 12.1 Å². The van der Waals surface area contributed by atoms with Crippen molar-refractivity contribution in [3.63, 3.8) is 0 Å². The van der Waals surface area contributed by atoms with Crippen molar-refractivity contribution in [1.29, 1.82) is 0 Å². The summed E-state index contributed by atoms with van der Waals surface area (Å²) in [5, 5.41) is 12.5. The van der Waals surface area contributed by atoms with Crippen molar-refractivity contribution in [3.05, 3.63) is 41.6 Å². The van der Waals surface area contributed by atoms with Gasteiger partial charge in [0.25, 0.3) is 5.91 Å². The average molecular weight is 272 g/mol. The molecule has 0 unspecified atom stereocenters. The predicted molar refractivity (Wildman–Crippen MR) is 71.2 cm³/mol. The number of amides is 1. The third kappa shape index (κ3) is 2.23. The Morgan fingerprint density at radius 3 is 2.80 bits per heavy atom. The van der Waals surface area contributed by atoms with Gasteiger partial charge in [0.1, 0.15) is 11.6 Å². The van der Waals surface area contributed by atoms with Crippen molar-refractivity contribution < 1.29 is 19.4 Å². The standard InChI is InChI=1S/C14H12N2O4/c1-8-3-2-4-13(15-8)16-14(18)9-5-11-12(6-10(9)17)20-7-19-11/h2-6,17H,7H2,1H3,(H,15,16,18). The molecular weight excluding hydrogens is 260 g/mol. The van der Waals surface area contributed by atoms with E-state index in [4.69, 9.17) is 9.47 Å². The van der Waals surface area contributed by atoms with Crippen LogP contribution in [0.3, 0.4) is 0 Å². The molecule has 1 amide bonds. The second-order valence-corrected chi connectivity index (χ2v) is 4.34. The van der Waals surface area contributed by atoms with E-state index in [1.54, 1.807) is 12.1 Å². The summed E-state index contributed by atoms with van der Waals surface area (Å²) in [6, 6.07) is 8.10. The van der Waals surface area contributed by atoms with E-state index in [0.717, 1.165) is 5.69 Å². The number of carbonyl (C=O) groups excluding carboxylic acids is 1. The number of phenols is 1. The number of hydrogen-bond donors (Lipinski definition) is 2. The lowest BCUT2D eigenvalue weighted by Gasteiger charge is -2.07. The van der Waals surface area contributed by atoms with Gasteiger partial charge in [-0.2, -0.15) is 0 Å². The number of phenolic OH excluding ortho intramolecular Hbond substituents is 1. The first kappa shape index (κ1) is 12.3. The Kier molecular flexibility index (Phi) is 2.90. The fourth-order valence-electron chi connectivity index (χ4n) is 1.91. The van der Waals surface area contributed by atoms with Crippen molar-refractivity contribution in [2.45, 2.75) is 6.92 Å². The number of anilines is 1. The van der Waals surface area contributed by atoms with Crippen molar-refractivity contribution in [1.82, 2.24) is 4.98 Å². The van der Waals surface area contributed by atoms with Gasteiger partial charge in [0.2, 0.25) is 6.79 Å². The quantitative estimate of drug-likeness (QED) is 0.874. The molecule has 102 valence electrons. The number of aromatic nitrogens is 1. The van der Waals surface area contributed by atoms with E-state index in [-0.39, 0.29) is 18.1 Å². The van der Waals surface area contributed by atoms with E-state index in [9.17, 15) is 9.90 Å². The number of benzene rings is 1. The number of aromatic hydroxyl groups is 1. The monoisotopic (exact) mass is 272 g/mol. The summed E-state index contributed by atoms with van der Waals surface area (Å²) in [5.41, 5.74) is 0.898. The van der Waals surface area contributed by atoms with Gasteiger partial charge in [0.15, 0.2) is 11.5 Å². The van der Waals surface area contributed by atoms with Crippen LogP contribution in [0.4, 0.5) is 5.82 Å². The largest absolute Gasteiger partial charge is 0.507 e. The molecule has 2 heterocycles. The zero-order valence-electron chi connectivity index (χ0n) is 10.7. The molecule has 1 aromatic carbocycles. The van der Waals surface area contributed by atoms with Crippen LogP contribution in [0, 0.1) is 6.92 Å². The SMILES string of the molecule is Cc1cccc(NC(=O)c2cc3c(cc2O)OCO3)n1. The van der Waals surface area contributed by atoms with E-state index in [0.29, 0.717) is 17.3 Å². The minimum atomic E-state index is -0.459. The highest BCUT2D eigenvalue weighted by Gasteiger charge is 2.20. The molecule has 0 radical (unpaired) electrons. The molecule has 2 aromatic rings. The molecule has 0 spiro atoms. The first-order chi connectivity index (χ1) is 9.63. The summed E-state index contributed by atoms with van der Waals surface area (Å²) in [5.74, 6) is 0.656. The molecule has 6 nitrogen and oxygen atoms in total. The van der Waals surface area contributed by atoms with Crippen LogP contribution in [0.25, 0.3) is 0 Å². The summed E-state index contributed by atoms with van der Waals surface area (Å²) >= 11 is 0. The van der Waals surface area contributed by atoms with Crippen LogP contribution in [-0.4, -0.2) is 22.8 Å². The molecule has 3 rings (SSSR count). The fraction of sp³-hybridized carbons (Fsp3) is 0.143. The van der Waals surface area contributed by atoms with Crippen LogP contribution in [0.1, 0.15) is 16.1 Å². The van der Waals surface area contributed by atoms with Gasteiger partial charge in [-0.15, -0.1) is 0 Å². The molecular formula is C14H12N2O4. The average Bonchev–Trinajstić information content (AvgIpc) is 2.84. The lowest BCUT2D eigenvalue weighted by atomic mass is 10.1. The highest BCUT2D eigenvalue weighted by Crippen LogP contribution is 2.37. The maximum absolute atomic E-state index is 12.1. The van der Waals surface area contributed by atoms with E-state index in [1.807, 2.05) is 13.0 Å². The van der Waals surface area contributed by atoms with Gasteiger partial charge in [-0.1, -0.05) is 6.07 Å². The lowest BCUT2D eigenvalue weighted by molar-refractivity contribution is 0.102. The maximum Gasteiger partial charge on any atom is 0.260 e. The van der Waals surface area contributed by atoms with Crippen LogP contribution < -0.4 is 14.8 Å². The molecule has 0 saturated carbocycles. The van der Waals surface area contributed by atoms with Crippen molar-refractivity contribution in [2.24, 2.45) is 0 Å². The van der Waals surface area contributed by atoms with E-state index in [1.165, 1.54) is 12.1 Å². The Balaban J connectivity index is 1.87. The number of rotatable bonds is 2. The molecule has 1 aliphatic rings. The van der Waals surface area contributed by atoms with Gasteiger partial charge in [-0.05, 0) is 19.1 Å². The second-order valence-electron chi connectivity index (χ2n) is 4.34. The van der Waals surface area contributed by atoms with E-state index < -0.39 is 5.91 Å². The van der Waals surface area contributed by atoms with Crippen molar-refractivity contribution >= 4 is 11.7 Å². The normalized spacial score (nSPS) is 12.2. The number of pyridine rings is 1. The van der Waals surface area contributed by atoms with E-state index >= 15 is 0 Å². The highest BCUT2D eigenvalue weighted by atomic mass is 16.7. The first-order valence-electron chi connectivity index (χ1n) is 6.01. The number of hydrogen-bond acceptors (Lipinski definition) is 5. The summed E-state index contributed by atoms with van der Waals surface area (Å²) < 4.78 is 10.3. The van der Waals surface area contributed by atoms with Crippen LogP contribution in [0.5, 0.6) is 17.2 Å². The van der Waals surface area contributed by atoms with Crippen LogP contribution in [0.2, 0.25) is 0 Å². The molecule has 0 aliphatic carbocycles. The number of ether oxygens (including phenoxy) is 2. The Labute approximate surface area is 115 Å². The molecule has 0 atom stereocenters. The molecule has 1 aromatic heterocycles.